The molecular weight excluding hydrogens is 298 g/mol. The molecule has 0 aliphatic rings. The second-order valence-corrected chi connectivity index (χ2v) is 6.81. The first kappa shape index (κ1) is 14.9. The minimum absolute atomic E-state index is 0.000506. The highest BCUT2D eigenvalue weighted by Gasteiger charge is 2.20. The van der Waals surface area contributed by atoms with E-state index in [1.165, 1.54) is 24.3 Å². The SMILES string of the molecule is CC[C@H](C)n1cnc(S(=O)(=O)Nc2[nH]ncc2SC)c1. The summed E-state index contributed by atoms with van der Waals surface area (Å²) in [6.45, 7) is 4.04. The number of aromatic amines is 1. The maximum absolute atomic E-state index is 12.2. The number of anilines is 1. The molecule has 2 heterocycles. The molecule has 0 unspecified atom stereocenters. The topological polar surface area (TPSA) is 92.7 Å². The van der Waals surface area contributed by atoms with Crippen molar-refractivity contribution in [3.63, 3.8) is 0 Å². The highest BCUT2D eigenvalue weighted by atomic mass is 32.2. The Kier molecular flexibility index (Phi) is 4.39. The summed E-state index contributed by atoms with van der Waals surface area (Å²) in [5.74, 6) is 0.357. The van der Waals surface area contributed by atoms with Gasteiger partial charge in [0.05, 0.1) is 17.4 Å². The number of hydrogen-bond acceptors (Lipinski definition) is 5. The highest BCUT2D eigenvalue weighted by Crippen LogP contribution is 2.24. The van der Waals surface area contributed by atoms with Gasteiger partial charge >= 0.3 is 0 Å². The van der Waals surface area contributed by atoms with Gasteiger partial charge in [0.15, 0.2) is 5.03 Å². The van der Waals surface area contributed by atoms with Crippen LogP contribution in [0.15, 0.2) is 28.6 Å². The number of rotatable bonds is 6. The number of sulfonamides is 1. The van der Waals surface area contributed by atoms with Crippen LogP contribution in [0.2, 0.25) is 0 Å². The monoisotopic (exact) mass is 315 g/mol. The van der Waals surface area contributed by atoms with Crippen molar-refractivity contribution < 1.29 is 8.42 Å². The average Bonchev–Trinajstić information content (AvgIpc) is 3.06. The molecule has 110 valence electrons. The van der Waals surface area contributed by atoms with Gasteiger partial charge in [-0.2, -0.15) is 13.5 Å². The van der Waals surface area contributed by atoms with Crippen molar-refractivity contribution in [1.29, 1.82) is 0 Å². The van der Waals surface area contributed by atoms with Gasteiger partial charge in [-0.3, -0.25) is 9.82 Å². The molecule has 0 saturated heterocycles. The van der Waals surface area contributed by atoms with Crippen molar-refractivity contribution in [2.45, 2.75) is 36.2 Å². The summed E-state index contributed by atoms with van der Waals surface area (Å²) in [5, 5.41) is 6.45. The van der Waals surface area contributed by atoms with E-state index in [0.717, 1.165) is 11.3 Å². The third kappa shape index (κ3) is 2.98. The molecule has 2 rings (SSSR count). The summed E-state index contributed by atoms with van der Waals surface area (Å²) in [7, 11) is -3.70. The average molecular weight is 315 g/mol. The quantitative estimate of drug-likeness (QED) is 0.796. The zero-order chi connectivity index (χ0) is 14.8. The lowest BCUT2D eigenvalue weighted by molar-refractivity contribution is 0.529. The second-order valence-electron chi connectivity index (χ2n) is 4.34. The third-order valence-electron chi connectivity index (χ3n) is 3.01. The Labute approximate surface area is 122 Å². The zero-order valence-corrected chi connectivity index (χ0v) is 13.1. The lowest BCUT2D eigenvalue weighted by Crippen LogP contribution is -2.14. The zero-order valence-electron chi connectivity index (χ0n) is 11.5. The summed E-state index contributed by atoms with van der Waals surface area (Å²) in [4.78, 5) is 4.70. The van der Waals surface area contributed by atoms with Crippen LogP contribution >= 0.6 is 11.8 Å². The summed E-state index contributed by atoms with van der Waals surface area (Å²) >= 11 is 1.41. The molecular formula is C11H17N5O2S2. The number of thioether (sulfide) groups is 1. The molecule has 2 aromatic heterocycles. The minimum Gasteiger partial charge on any atom is -0.333 e. The summed E-state index contributed by atoms with van der Waals surface area (Å²) in [6.07, 6.45) is 7.39. The van der Waals surface area contributed by atoms with E-state index in [-0.39, 0.29) is 11.1 Å². The molecule has 0 fully saturated rings. The normalized spacial score (nSPS) is 13.3. The highest BCUT2D eigenvalue weighted by molar-refractivity contribution is 7.99. The first-order valence-electron chi connectivity index (χ1n) is 6.11. The van der Waals surface area contributed by atoms with Crippen LogP contribution in [0, 0.1) is 0 Å². The van der Waals surface area contributed by atoms with Crippen LogP contribution in [0.5, 0.6) is 0 Å². The van der Waals surface area contributed by atoms with Gasteiger partial charge in [0.2, 0.25) is 0 Å². The van der Waals surface area contributed by atoms with E-state index in [4.69, 9.17) is 0 Å². The van der Waals surface area contributed by atoms with Crippen molar-refractivity contribution in [1.82, 2.24) is 19.7 Å². The van der Waals surface area contributed by atoms with E-state index in [0.29, 0.717) is 5.82 Å². The van der Waals surface area contributed by atoms with Gasteiger partial charge in [0, 0.05) is 12.2 Å². The Hall–Kier alpha value is -1.48. The lowest BCUT2D eigenvalue weighted by Gasteiger charge is -2.08. The molecule has 9 heteroatoms. The number of nitrogens with zero attached hydrogens (tertiary/aromatic N) is 3. The maximum atomic E-state index is 12.2. The number of nitrogens with one attached hydrogen (secondary N) is 2. The molecule has 0 aliphatic heterocycles. The van der Waals surface area contributed by atoms with Crippen molar-refractivity contribution in [2.24, 2.45) is 0 Å². The van der Waals surface area contributed by atoms with Crippen LogP contribution in [0.1, 0.15) is 26.3 Å². The van der Waals surface area contributed by atoms with Gasteiger partial charge in [-0.25, -0.2) is 4.98 Å². The van der Waals surface area contributed by atoms with Gasteiger partial charge in [0.1, 0.15) is 5.82 Å². The van der Waals surface area contributed by atoms with E-state index < -0.39 is 10.0 Å². The first-order chi connectivity index (χ1) is 9.47. The Bertz CT molecular complexity index is 677. The van der Waals surface area contributed by atoms with Crippen LogP contribution in [0.3, 0.4) is 0 Å². The molecule has 0 bridgehead atoms. The second kappa shape index (κ2) is 5.88. The fraction of sp³-hybridized carbons (Fsp3) is 0.455. The van der Waals surface area contributed by atoms with E-state index >= 15 is 0 Å². The van der Waals surface area contributed by atoms with Gasteiger partial charge in [-0.1, -0.05) is 6.92 Å². The van der Waals surface area contributed by atoms with Gasteiger partial charge in [-0.05, 0) is 19.6 Å². The standard InChI is InChI=1S/C11H17N5O2S2/c1-4-8(2)16-6-10(12-7-16)20(17,18)15-11-9(19-3)5-13-14-11/h5-8H,4H2,1-3H3,(H2,13,14,15)/t8-/m0/s1. The molecule has 20 heavy (non-hydrogen) atoms. The molecule has 0 radical (unpaired) electrons. The van der Waals surface area contributed by atoms with Crippen LogP contribution in [-0.2, 0) is 10.0 Å². The Morgan fingerprint density at radius 1 is 1.55 bits per heavy atom. The van der Waals surface area contributed by atoms with E-state index in [1.807, 2.05) is 20.1 Å². The van der Waals surface area contributed by atoms with Crippen LogP contribution in [-0.4, -0.2) is 34.4 Å². The first-order valence-corrected chi connectivity index (χ1v) is 8.82. The predicted molar refractivity (Wildman–Crippen MR) is 78.4 cm³/mol. The number of hydrogen-bond donors (Lipinski definition) is 2. The smallest absolute Gasteiger partial charge is 0.282 e. The molecule has 0 spiro atoms. The summed E-state index contributed by atoms with van der Waals surface area (Å²) in [5.41, 5.74) is 0. The van der Waals surface area contributed by atoms with Crippen LogP contribution in [0.25, 0.3) is 0 Å². The largest absolute Gasteiger partial charge is 0.333 e. The summed E-state index contributed by atoms with van der Waals surface area (Å²) < 4.78 is 28.7. The molecule has 1 atom stereocenters. The van der Waals surface area contributed by atoms with Gasteiger partial charge in [0.25, 0.3) is 10.0 Å². The molecule has 7 nitrogen and oxygen atoms in total. The molecule has 2 N–H and O–H groups in total. The van der Waals surface area contributed by atoms with Gasteiger partial charge < -0.3 is 4.57 Å². The van der Waals surface area contributed by atoms with Crippen molar-refractivity contribution in [3.05, 3.63) is 18.7 Å². The molecule has 0 aliphatic carbocycles. The molecule has 2 aromatic rings. The van der Waals surface area contributed by atoms with Crippen LogP contribution in [0.4, 0.5) is 5.82 Å². The maximum Gasteiger partial charge on any atom is 0.282 e. The predicted octanol–water partition coefficient (Wildman–Crippen LogP) is 2.10. The van der Waals surface area contributed by atoms with Crippen LogP contribution < -0.4 is 4.72 Å². The third-order valence-corrected chi connectivity index (χ3v) is 5.00. The lowest BCUT2D eigenvalue weighted by atomic mass is 10.3. The Morgan fingerprint density at radius 2 is 2.30 bits per heavy atom. The fourth-order valence-electron chi connectivity index (χ4n) is 1.60. The van der Waals surface area contributed by atoms with Crippen molar-refractivity contribution in [3.8, 4) is 0 Å². The van der Waals surface area contributed by atoms with Gasteiger partial charge in [-0.15, -0.1) is 11.8 Å². The molecule has 0 amide bonds. The van der Waals surface area contributed by atoms with Crippen molar-refractivity contribution >= 4 is 27.6 Å². The number of H-pyrrole nitrogens is 1. The Morgan fingerprint density at radius 3 is 2.95 bits per heavy atom. The number of imidazole rings is 1. The molecule has 0 saturated carbocycles. The van der Waals surface area contributed by atoms with E-state index in [9.17, 15) is 8.42 Å². The van der Waals surface area contributed by atoms with E-state index in [1.54, 1.807) is 10.8 Å². The minimum atomic E-state index is -3.70. The Balaban J connectivity index is 2.24. The summed E-state index contributed by atoms with van der Waals surface area (Å²) in [6, 6.07) is 0.209. The van der Waals surface area contributed by atoms with Crippen molar-refractivity contribution in [2.75, 3.05) is 11.0 Å². The van der Waals surface area contributed by atoms with E-state index in [2.05, 4.69) is 19.9 Å². The fourth-order valence-corrected chi connectivity index (χ4v) is 3.10. The number of aromatic nitrogens is 4. The molecule has 0 aromatic carbocycles.